The highest BCUT2D eigenvalue weighted by Gasteiger charge is 2.49. The van der Waals surface area contributed by atoms with Gasteiger partial charge in [0.15, 0.2) is 5.82 Å². The van der Waals surface area contributed by atoms with Crippen LogP contribution in [0.2, 0.25) is 0 Å². The summed E-state index contributed by atoms with van der Waals surface area (Å²) >= 11 is 0. The first-order valence-electron chi connectivity index (χ1n) is 12.4. The maximum atomic E-state index is 14.0. The second-order valence-electron chi connectivity index (χ2n) is 10.4. The van der Waals surface area contributed by atoms with Gasteiger partial charge in [-0.25, -0.2) is 4.98 Å². The predicted octanol–water partition coefficient (Wildman–Crippen LogP) is 4.70. The van der Waals surface area contributed by atoms with Crippen molar-refractivity contribution in [2.75, 3.05) is 0 Å². The summed E-state index contributed by atoms with van der Waals surface area (Å²) in [4.78, 5) is 34.3. The van der Waals surface area contributed by atoms with Crippen LogP contribution in [0.4, 0.5) is 0 Å². The summed E-state index contributed by atoms with van der Waals surface area (Å²) in [5, 5.41) is 3.36. The Morgan fingerprint density at radius 2 is 1.85 bits per heavy atom. The number of amides is 2. The first-order valence-corrected chi connectivity index (χ1v) is 12.4. The maximum Gasteiger partial charge on any atom is 0.291 e. The average molecular weight is 459 g/mol. The molecule has 34 heavy (non-hydrogen) atoms. The van der Waals surface area contributed by atoms with Gasteiger partial charge < -0.3 is 14.8 Å². The van der Waals surface area contributed by atoms with Gasteiger partial charge in [-0.2, -0.15) is 0 Å². The molecule has 2 aliphatic rings. The molecule has 1 aliphatic heterocycles. The lowest BCUT2D eigenvalue weighted by Crippen LogP contribution is -2.65. The highest BCUT2D eigenvalue weighted by molar-refractivity contribution is 6.01. The van der Waals surface area contributed by atoms with Crippen LogP contribution in [0.15, 0.2) is 48.5 Å². The molecule has 5 rings (SSSR count). The van der Waals surface area contributed by atoms with Gasteiger partial charge >= 0.3 is 0 Å². The van der Waals surface area contributed by atoms with E-state index < -0.39 is 5.54 Å². The van der Waals surface area contributed by atoms with E-state index >= 15 is 0 Å². The molecule has 1 aliphatic carbocycles. The number of nitrogens with zero attached hydrogens (tertiary/aromatic N) is 3. The molecule has 0 unspecified atom stereocenters. The van der Waals surface area contributed by atoms with E-state index in [-0.39, 0.29) is 17.9 Å². The molecule has 4 atom stereocenters. The van der Waals surface area contributed by atoms with Crippen molar-refractivity contribution in [3.8, 4) is 0 Å². The number of fused-ring (bicyclic) bond motifs is 3. The minimum Gasteiger partial charge on any atom is -0.351 e. The van der Waals surface area contributed by atoms with Crippen LogP contribution in [0, 0.1) is 18.8 Å². The van der Waals surface area contributed by atoms with Crippen LogP contribution in [0.1, 0.15) is 61.8 Å². The summed E-state index contributed by atoms with van der Waals surface area (Å²) in [7, 11) is 0. The SMILES string of the molecule is Cc1ccccc1CN1C(=O)c2nc3ccccc3n2C[C@]1(C)C(=O)N[C@@H]1CCC[C@@H](C)[C@@H]1C. The zero-order valence-corrected chi connectivity index (χ0v) is 20.5. The van der Waals surface area contributed by atoms with Crippen molar-refractivity contribution >= 4 is 22.8 Å². The molecule has 178 valence electrons. The van der Waals surface area contributed by atoms with E-state index in [2.05, 4.69) is 24.1 Å². The molecule has 0 saturated heterocycles. The van der Waals surface area contributed by atoms with Gasteiger partial charge in [0.2, 0.25) is 5.91 Å². The molecule has 3 aromatic rings. The summed E-state index contributed by atoms with van der Waals surface area (Å²) in [5.74, 6) is 1.11. The third-order valence-electron chi connectivity index (χ3n) is 8.25. The van der Waals surface area contributed by atoms with Gasteiger partial charge in [-0.15, -0.1) is 0 Å². The molecule has 1 aromatic heterocycles. The Morgan fingerprint density at radius 1 is 1.12 bits per heavy atom. The van der Waals surface area contributed by atoms with Crippen LogP contribution in [0.3, 0.4) is 0 Å². The summed E-state index contributed by atoms with van der Waals surface area (Å²) in [5.41, 5.74) is 2.78. The van der Waals surface area contributed by atoms with E-state index in [1.165, 1.54) is 6.42 Å². The first-order chi connectivity index (χ1) is 16.3. The average Bonchev–Trinajstić information content (AvgIpc) is 3.19. The zero-order valence-electron chi connectivity index (χ0n) is 20.5. The molecule has 6 nitrogen and oxygen atoms in total. The number of aryl methyl sites for hydroxylation is 1. The number of aromatic nitrogens is 2. The van der Waals surface area contributed by atoms with E-state index in [1.807, 2.05) is 66.9 Å². The third kappa shape index (κ3) is 3.69. The van der Waals surface area contributed by atoms with Crippen LogP contribution in [0.5, 0.6) is 0 Å². The molecular weight excluding hydrogens is 424 g/mol. The predicted molar refractivity (Wildman–Crippen MR) is 133 cm³/mol. The van der Waals surface area contributed by atoms with Gasteiger partial charge in [-0.1, -0.05) is 63.1 Å². The van der Waals surface area contributed by atoms with Gasteiger partial charge in [0.25, 0.3) is 5.91 Å². The highest BCUT2D eigenvalue weighted by Crippen LogP contribution is 2.34. The van der Waals surface area contributed by atoms with E-state index in [1.54, 1.807) is 4.90 Å². The number of hydrogen-bond acceptors (Lipinski definition) is 3. The molecule has 1 fully saturated rings. The number of imidazole rings is 1. The Hall–Kier alpha value is -3.15. The van der Waals surface area contributed by atoms with E-state index in [4.69, 9.17) is 0 Å². The Morgan fingerprint density at radius 3 is 2.65 bits per heavy atom. The number of carbonyl (C=O) groups excluding carboxylic acids is 2. The summed E-state index contributed by atoms with van der Waals surface area (Å²) in [6.07, 6.45) is 3.31. The largest absolute Gasteiger partial charge is 0.351 e. The van der Waals surface area contributed by atoms with E-state index in [0.29, 0.717) is 30.7 Å². The fraction of sp³-hybridized carbons (Fsp3) is 0.464. The van der Waals surface area contributed by atoms with Crippen molar-refractivity contribution in [3.05, 3.63) is 65.5 Å². The zero-order chi connectivity index (χ0) is 24.0. The highest BCUT2D eigenvalue weighted by atomic mass is 16.2. The number of hydrogen-bond donors (Lipinski definition) is 1. The lowest BCUT2D eigenvalue weighted by Gasteiger charge is -2.45. The molecular formula is C28H34N4O2. The van der Waals surface area contributed by atoms with Crippen LogP contribution in [-0.4, -0.2) is 37.8 Å². The first kappa shape index (κ1) is 22.6. The lowest BCUT2D eigenvalue weighted by molar-refractivity contribution is -0.134. The van der Waals surface area contributed by atoms with Crippen molar-refractivity contribution in [1.82, 2.24) is 19.8 Å². The molecule has 2 heterocycles. The fourth-order valence-electron chi connectivity index (χ4n) is 5.64. The van der Waals surface area contributed by atoms with Gasteiger partial charge in [0.1, 0.15) is 5.54 Å². The fourth-order valence-corrected chi connectivity index (χ4v) is 5.64. The van der Waals surface area contributed by atoms with Crippen LogP contribution < -0.4 is 5.32 Å². The smallest absolute Gasteiger partial charge is 0.291 e. The Labute approximate surface area is 201 Å². The molecule has 0 bridgehead atoms. The monoisotopic (exact) mass is 458 g/mol. The minimum atomic E-state index is -1.03. The second kappa shape index (κ2) is 8.57. The molecule has 1 N–H and O–H groups in total. The van der Waals surface area contributed by atoms with Crippen molar-refractivity contribution in [2.45, 2.75) is 71.6 Å². The number of carbonyl (C=O) groups is 2. The number of rotatable bonds is 4. The van der Waals surface area contributed by atoms with Crippen LogP contribution >= 0.6 is 0 Å². The maximum absolute atomic E-state index is 14.0. The van der Waals surface area contributed by atoms with Crippen molar-refractivity contribution in [1.29, 1.82) is 0 Å². The third-order valence-corrected chi connectivity index (χ3v) is 8.25. The van der Waals surface area contributed by atoms with Crippen molar-refractivity contribution < 1.29 is 9.59 Å². The molecule has 6 heteroatoms. The Kier molecular flexibility index (Phi) is 5.70. The van der Waals surface area contributed by atoms with E-state index in [9.17, 15) is 9.59 Å². The van der Waals surface area contributed by atoms with Gasteiger partial charge in [0.05, 0.1) is 17.6 Å². The molecule has 0 spiro atoms. The standard InChI is InChI=1S/C28H34N4O2/c1-18-11-9-14-22(20(18)3)30-27(34)28(4)17-31-24-15-8-7-13-23(24)29-25(31)26(33)32(28)16-21-12-6-5-10-19(21)2/h5-8,10,12-13,15,18,20,22H,9,11,14,16-17H2,1-4H3,(H,30,34)/t18-,20+,22-,28-/m1/s1. The summed E-state index contributed by atoms with van der Waals surface area (Å²) < 4.78 is 1.93. The normalized spacial score (nSPS) is 27.0. The Bertz CT molecular complexity index is 1250. The molecule has 1 saturated carbocycles. The van der Waals surface area contributed by atoms with Crippen LogP contribution in [0.25, 0.3) is 11.0 Å². The molecule has 0 radical (unpaired) electrons. The molecule has 2 amide bonds. The lowest BCUT2D eigenvalue weighted by atomic mass is 9.77. The Balaban J connectivity index is 1.55. The second-order valence-corrected chi connectivity index (χ2v) is 10.4. The quantitative estimate of drug-likeness (QED) is 0.616. The van der Waals surface area contributed by atoms with Gasteiger partial charge in [-0.05, 0) is 55.4 Å². The molecule has 2 aromatic carbocycles. The van der Waals surface area contributed by atoms with Gasteiger partial charge in [-0.3, -0.25) is 9.59 Å². The van der Waals surface area contributed by atoms with E-state index in [0.717, 1.165) is 35.0 Å². The van der Waals surface area contributed by atoms with Crippen LogP contribution in [-0.2, 0) is 17.9 Å². The van der Waals surface area contributed by atoms with Gasteiger partial charge in [0, 0.05) is 12.6 Å². The van der Waals surface area contributed by atoms with Crippen molar-refractivity contribution in [2.24, 2.45) is 11.8 Å². The number of nitrogens with one attached hydrogen (secondary N) is 1. The van der Waals surface area contributed by atoms with Crippen molar-refractivity contribution in [3.63, 3.8) is 0 Å². The minimum absolute atomic E-state index is 0.0798. The summed E-state index contributed by atoms with van der Waals surface area (Å²) in [6.45, 7) is 9.20. The number of para-hydroxylation sites is 2. The topological polar surface area (TPSA) is 67.2 Å². The summed E-state index contributed by atoms with van der Waals surface area (Å²) in [6, 6.07) is 15.9. The number of benzene rings is 2.